The molecule has 6 rings (SSSR count). The number of aromatic nitrogens is 4. The number of halogens is 3. The van der Waals surface area contributed by atoms with E-state index in [-0.39, 0.29) is 54.4 Å². The van der Waals surface area contributed by atoms with Crippen molar-refractivity contribution >= 4 is 17.5 Å². The molecular weight excluding hydrogens is 637 g/mol. The van der Waals surface area contributed by atoms with Gasteiger partial charge >= 0.3 is 6.18 Å². The van der Waals surface area contributed by atoms with Crippen LogP contribution in [0.2, 0.25) is 0 Å². The molecule has 2 aromatic heterocycles. The summed E-state index contributed by atoms with van der Waals surface area (Å²) in [6.45, 7) is 2.18. The molecule has 49 heavy (non-hydrogen) atoms. The SMILES string of the molecule is COCC1(NCc2cc3c(c(C(F)(F)F)c2)CN(c2cc(-c4cc(C)ccc4-c4nncn4C)cc(NC[C@@H](O)CC#N)n2)C3=O)CCC1. The van der Waals surface area contributed by atoms with Gasteiger partial charge in [-0.15, -0.1) is 10.2 Å². The Morgan fingerprint density at radius 3 is 2.59 bits per heavy atom. The van der Waals surface area contributed by atoms with Gasteiger partial charge in [-0.25, -0.2) is 4.98 Å². The third kappa shape index (κ3) is 7.01. The Morgan fingerprint density at radius 1 is 1.14 bits per heavy atom. The number of aliphatic hydroxyl groups is 1. The first-order valence-electron chi connectivity index (χ1n) is 16.0. The van der Waals surface area contributed by atoms with Crippen LogP contribution in [-0.4, -0.2) is 62.7 Å². The highest BCUT2D eigenvalue weighted by atomic mass is 19.4. The summed E-state index contributed by atoms with van der Waals surface area (Å²) in [7, 11) is 3.41. The molecule has 1 atom stereocenters. The number of rotatable bonds is 12. The van der Waals surface area contributed by atoms with Gasteiger partial charge in [0.1, 0.15) is 18.0 Å². The highest BCUT2D eigenvalue weighted by Gasteiger charge is 2.42. The topological polar surface area (TPSA) is 141 Å². The molecule has 0 bridgehead atoms. The number of ether oxygens (including phenoxy) is 1. The molecule has 256 valence electrons. The second-order valence-electron chi connectivity index (χ2n) is 12.8. The predicted octanol–water partition coefficient (Wildman–Crippen LogP) is 5.38. The number of nitrogens with one attached hydrogen (secondary N) is 2. The summed E-state index contributed by atoms with van der Waals surface area (Å²) in [4.78, 5) is 19.9. The molecule has 0 spiro atoms. The van der Waals surface area contributed by atoms with Crippen molar-refractivity contribution < 1.29 is 27.8 Å². The van der Waals surface area contributed by atoms with Gasteiger partial charge in [0.15, 0.2) is 5.82 Å². The minimum Gasteiger partial charge on any atom is -0.390 e. The number of aryl methyl sites for hydroxylation is 2. The third-order valence-corrected chi connectivity index (χ3v) is 9.18. The highest BCUT2D eigenvalue weighted by molar-refractivity contribution is 6.10. The number of pyridine rings is 1. The van der Waals surface area contributed by atoms with Gasteiger partial charge in [0, 0.05) is 43.9 Å². The van der Waals surface area contributed by atoms with E-state index in [2.05, 4.69) is 25.8 Å². The quantitative estimate of drug-likeness (QED) is 0.181. The number of hydrogen-bond donors (Lipinski definition) is 3. The molecule has 0 unspecified atom stereocenters. The number of carbonyl (C=O) groups is 1. The van der Waals surface area contributed by atoms with Gasteiger partial charge in [-0.3, -0.25) is 9.69 Å². The number of benzene rings is 2. The average Bonchev–Trinajstić information content (AvgIpc) is 3.62. The minimum absolute atomic E-state index is 0.0132. The molecule has 14 heteroatoms. The number of amides is 1. The highest BCUT2D eigenvalue weighted by Crippen LogP contribution is 2.41. The van der Waals surface area contributed by atoms with Gasteiger partial charge in [-0.1, -0.05) is 23.8 Å². The first-order chi connectivity index (χ1) is 23.4. The van der Waals surface area contributed by atoms with E-state index in [0.717, 1.165) is 42.0 Å². The summed E-state index contributed by atoms with van der Waals surface area (Å²) in [5.41, 5.74) is 2.08. The fraction of sp³-hybridized carbons (Fsp3) is 0.400. The van der Waals surface area contributed by atoms with Crippen LogP contribution in [0.1, 0.15) is 58.3 Å². The van der Waals surface area contributed by atoms with Crippen molar-refractivity contribution in [3.63, 3.8) is 0 Å². The monoisotopic (exact) mass is 674 g/mol. The van der Waals surface area contributed by atoms with Crippen LogP contribution in [0.4, 0.5) is 24.8 Å². The van der Waals surface area contributed by atoms with Crippen molar-refractivity contribution in [3.8, 4) is 28.6 Å². The van der Waals surface area contributed by atoms with E-state index in [0.29, 0.717) is 23.6 Å². The lowest BCUT2D eigenvalue weighted by Gasteiger charge is -2.42. The lowest BCUT2D eigenvalue weighted by atomic mass is 9.77. The van der Waals surface area contributed by atoms with Gasteiger partial charge in [0.2, 0.25) is 0 Å². The van der Waals surface area contributed by atoms with Crippen LogP contribution in [-0.2, 0) is 31.1 Å². The zero-order chi connectivity index (χ0) is 34.9. The van der Waals surface area contributed by atoms with Crippen LogP contribution in [0.15, 0.2) is 48.8 Å². The first-order valence-corrected chi connectivity index (χ1v) is 16.0. The normalized spacial score (nSPS) is 15.9. The molecule has 2 aliphatic rings. The number of hydrogen-bond acceptors (Lipinski definition) is 9. The van der Waals surface area contributed by atoms with E-state index in [1.807, 2.05) is 38.2 Å². The zero-order valence-corrected chi connectivity index (χ0v) is 27.4. The van der Waals surface area contributed by atoms with E-state index in [9.17, 15) is 23.1 Å². The van der Waals surface area contributed by atoms with E-state index in [4.69, 9.17) is 10.00 Å². The van der Waals surface area contributed by atoms with Crippen LogP contribution in [0.3, 0.4) is 0 Å². The van der Waals surface area contributed by atoms with Crippen LogP contribution in [0.5, 0.6) is 0 Å². The number of methoxy groups -OCH3 is 1. The van der Waals surface area contributed by atoms with Crippen molar-refractivity contribution in [1.82, 2.24) is 25.1 Å². The van der Waals surface area contributed by atoms with Crippen molar-refractivity contribution in [1.29, 1.82) is 5.26 Å². The minimum atomic E-state index is -4.69. The van der Waals surface area contributed by atoms with E-state index >= 15 is 0 Å². The van der Waals surface area contributed by atoms with Crippen LogP contribution >= 0.6 is 0 Å². The molecule has 0 saturated heterocycles. The molecule has 1 aliphatic heterocycles. The van der Waals surface area contributed by atoms with E-state index in [1.165, 1.54) is 11.0 Å². The Morgan fingerprint density at radius 2 is 1.94 bits per heavy atom. The zero-order valence-electron chi connectivity index (χ0n) is 27.4. The van der Waals surface area contributed by atoms with Gasteiger partial charge in [-0.05, 0) is 72.7 Å². The molecule has 4 aromatic rings. The van der Waals surface area contributed by atoms with Gasteiger partial charge in [0.25, 0.3) is 5.91 Å². The molecule has 2 aromatic carbocycles. The second-order valence-corrected chi connectivity index (χ2v) is 12.8. The molecule has 11 nitrogen and oxygen atoms in total. The second kappa shape index (κ2) is 13.6. The molecule has 0 radical (unpaired) electrons. The molecule has 1 saturated carbocycles. The molecule has 1 amide bonds. The summed E-state index contributed by atoms with van der Waals surface area (Å²) in [6, 6.07) is 13.7. The Labute approximate surface area is 281 Å². The van der Waals surface area contributed by atoms with Crippen molar-refractivity contribution in [3.05, 3.63) is 76.6 Å². The van der Waals surface area contributed by atoms with Gasteiger partial charge in [-0.2, -0.15) is 18.4 Å². The maximum atomic E-state index is 14.5. The Bertz CT molecular complexity index is 1910. The number of anilines is 2. The fourth-order valence-corrected chi connectivity index (χ4v) is 6.47. The summed E-state index contributed by atoms with van der Waals surface area (Å²) in [6.07, 6.45) is -1.50. The van der Waals surface area contributed by atoms with E-state index < -0.39 is 23.8 Å². The summed E-state index contributed by atoms with van der Waals surface area (Å²) in [5, 5.41) is 33.9. The summed E-state index contributed by atoms with van der Waals surface area (Å²) < 4.78 is 50.7. The molecule has 3 heterocycles. The Kier molecular flexibility index (Phi) is 9.43. The van der Waals surface area contributed by atoms with Crippen molar-refractivity contribution in [2.75, 3.05) is 30.5 Å². The maximum absolute atomic E-state index is 14.5. The van der Waals surface area contributed by atoms with Crippen molar-refractivity contribution in [2.24, 2.45) is 7.05 Å². The summed E-state index contributed by atoms with van der Waals surface area (Å²) in [5.74, 6) is 0.379. The lowest BCUT2D eigenvalue weighted by Crippen LogP contribution is -2.53. The predicted molar refractivity (Wildman–Crippen MR) is 176 cm³/mol. The number of nitriles is 1. The van der Waals surface area contributed by atoms with Gasteiger partial charge < -0.3 is 25.0 Å². The molecular formula is C35H37F3N8O3. The number of fused-ring (bicyclic) bond motifs is 1. The van der Waals surface area contributed by atoms with Gasteiger partial charge in [0.05, 0.1) is 37.3 Å². The molecule has 3 N–H and O–H groups in total. The third-order valence-electron chi connectivity index (χ3n) is 9.18. The van der Waals surface area contributed by atoms with Crippen LogP contribution in [0, 0.1) is 18.3 Å². The summed E-state index contributed by atoms with van der Waals surface area (Å²) >= 11 is 0. The van der Waals surface area contributed by atoms with Crippen LogP contribution < -0.4 is 15.5 Å². The maximum Gasteiger partial charge on any atom is 0.416 e. The smallest absolute Gasteiger partial charge is 0.390 e. The first kappa shape index (κ1) is 34.0. The standard InChI is InChI=1S/C35H37F3N8O3/c1-21-5-6-25(32-44-42-20-45(32)2)26(11-21)23-14-30(40-17-24(47)7-10-39)43-31(15-23)46-18-28-27(33(46)48)12-22(13-29(28)35(36,37)38)16-41-34(19-49-3)8-4-9-34/h5-6,11-15,20,24,41,47H,4,7-9,16-19H2,1-3H3,(H,40,43)/t24-/m0/s1. The number of aliphatic hydroxyl groups excluding tert-OH is 1. The fourth-order valence-electron chi connectivity index (χ4n) is 6.47. The van der Waals surface area contributed by atoms with Crippen molar-refractivity contribution in [2.45, 2.75) is 63.5 Å². The largest absolute Gasteiger partial charge is 0.416 e. The number of nitrogens with zero attached hydrogens (tertiary/aromatic N) is 6. The Hall–Kier alpha value is -4.84. The molecule has 1 aliphatic carbocycles. The Balaban J connectivity index is 1.41. The number of carbonyl (C=O) groups excluding carboxylic acids is 1. The number of alkyl halides is 3. The molecule has 1 fully saturated rings. The average molecular weight is 675 g/mol. The van der Waals surface area contributed by atoms with Crippen LogP contribution in [0.25, 0.3) is 22.5 Å². The van der Waals surface area contributed by atoms with E-state index in [1.54, 1.807) is 30.1 Å². The lowest BCUT2D eigenvalue weighted by molar-refractivity contribution is -0.138.